The molecule has 1 aliphatic rings. The van der Waals surface area contributed by atoms with Gasteiger partial charge in [0.05, 0.1) is 17.7 Å². The van der Waals surface area contributed by atoms with E-state index in [1.165, 1.54) is 5.56 Å². The third-order valence-corrected chi connectivity index (χ3v) is 3.81. The van der Waals surface area contributed by atoms with E-state index in [1.54, 1.807) is 0 Å². The van der Waals surface area contributed by atoms with Crippen LogP contribution in [0.1, 0.15) is 25.0 Å². The van der Waals surface area contributed by atoms with Crippen molar-refractivity contribution < 1.29 is 5.11 Å². The Hall–Kier alpha value is -1.41. The van der Waals surface area contributed by atoms with Crippen molar-refractivity contribution >= 4 is 0 Å². The van der Waals surface area contributed by atoms with E-state index in [0.29, 0.717) is 6.04 Å². The average molecular weight is 273 g/mol. The zero-order valence-electron chi connectivity index (χ0n) is 12.3. The molecule has 1 fully saturated rings. The summed E-state index contributed by atoms with van der Waals surface area (Å²) in [7, 11) is 0. The Morgan fingerprint density at radius 1 is 1.45 bits per heavy atom. The summed E-state index contributed by atoms with van der Waals surface area (Å²) in [5.41, 5.74) is 1.92. The number of hydrogen-bond acceptors (Lipinski definition) is 4. The molecule has 108 valence electrons. The highest BCUT2D eigenvalue weighted by Crippen LogP contribution is 2.14. The van der Waals surface area contributed by atoms with Crippen molar-refractivity contribution in [3.05, 3.63) is 35.4 Å². The fraction of sp³-hybridized carbons (Fsp3) is 0.562. The van der Waals surface area contributed by atoms with Crippen molar-refractivity contribution in [3.63, 3.8) is 0 Å². The molecule has 4 nitrogen and oxygen atoms in total. The second kappa shape index (κ2) is 6.85. The molecule has 1 aliphatic heterocycles. The van der Waals surface area contributed by atoms with Gasteiger partial charge in [0.1, 0.15) is 0 Å². The molecule has 1 saturated heterocycles. The van der Waals surface area contributed by atoms with Gasteiger partial charge in [-0.2, -0.15) is 5.26 Å². The number of aliphatic hydroxyl groups excluding tert-OH is 1. The van der Waals surface area contributed by atoms with Crippen LogP contribution < -0.4 is 0 Å². The van der Waals surface area contributed by atoms with Gasteiger partial charge in [0.2, 0.25) is 0 Å². The molecule has 0 radical (unpaired) electrons. The standard InChI is InChI=1S/C16H23N3O/c1-13-10-18(6-7-19(13)11-14(2)20)12-16-5-3-4-15(8-16)9-17/h3-5,8,13-14,20H,6-7,10-12H2,1-2H3. The molecule has 0 aliphatic carbocycles. The molecule has 0 spiro atoms. The van der Waals surface area contributed by atoms with Gasteiger partial charge in [0.15, 0.2) is 0 Å². The highest BCUT2D eigenvalue weighted by molar-refractivity contribution is 5.32. The Labute approximate surface area is 121 Å². The largest absolute Gasteiger partial charge is 0.392 e. The SMILES string of the molecule is CC(O)CN1CCN(Cc2cccc(C#N)c2)CC1C. The first kappa shape index (κ1) is 15.0. The normalized spacial score (nSPS) is 22.4. The molecule has 0 bridgehead atoms. The molecule has 0 aromatic heterocycles. The highest BCUT2D eigenvalue weighted by Gasteiger charge is 2.24. The average Bonchev–Trinajstić information content (AvgIpc) is 2.42. The van der Waals surface area contributed by atoms with Gasteiger partial charge in [0.25, 0.3) is 0 Å². The van der Waals surface area contributed by atoms with Crippen molar-refractivity contribution in [1.29, 1.82) is 5.26 Å². The van der Waals surface area contributed by atoms with Crippen LogP contribution in [0.2, 0.25) is 0 Å². The van der Waals surface area contributed by atoms with Crippen LogP contribution in [-0.2, 0) is 6.54 Å². The fourth-order valence-corrected chi connectivity index (χ4v) is 2.82. The van der Waals surface area contributed by atoms with Crippen LogP contribution in [0.3, 0.4) is 0 Å². The van der Waals surface area contributed by atoms with Crippen LogP contribution >= 0.6 is 0 Å². The minimum atomic E-state index is -0.267. The lowest BCUT2D eigenvalue weighted by atomic mass is 10.1. The van der Waals surface area contributed by atoms with E-state index in [-0.39, 0.29) is 6.10 Å². The van der Waals surface area contributed by atoms with Crippen molar-refractivity contribution in [1.82, 2.24) is 9.80 Å². The van der Waals surface area contributed by atoms with E-state index < -0.39 is 0 Å². The molecular weight excluding hydrogens is 250 g/mol. The van der Waals surface area contributed by atoms with Crippen LogP contribution in [0.4, 0.5) is 0 Å². The number of hydrogen-bond donors (Lipinski definition) is 1. The zero-order chi connectivity index (χ0) is 14.5. The number of rotatable bonds is 4. The molecular formula is C16H23N3O. The zero-order valence-corrected chi connectivity index (χ0v) is 12.3. The lowest BCUT2D eigenvalue weighted by Gasteiger charge is -2.40. The Morgan fingerprint density at radius 3 is 2.90 bits per heavy atom. The third kappa shape index (κ3) is 4.04. The second-order valence-corrected chi connectivity index (χ2v) is 5.74. The highest BCUT2D eigenvalue weighted by atomic mass is 16.3. The summed E-state index contributed by atoms with van der Waals surface area (Å²) in [5, 5.41) is 18.4. The quantitative estimate of drug-likeness (QED) is 0.902. The number of aliphatic hydroxyl groups is 1. The number of benzene rings is 1. The molecule has 1 N–H and O–H groups in total. The van der Waals surface area contributed by atoms with E-state index in [9.17, 15) is 5.11 Å². The molecule has 2 unspecified atom stereocenters. The van der Waals surface area contributed by atoms with Gasteiger partial charge in [-0.15, -0.1) is 0 Å². The lowest BCUT2D eigenvalue weighted by Crippen LogP contribution is -2.53. The van der Waals surface area contributed by atoms with E-state index in [2.05, 4.69) is 28.9 Å². The minimum Gasteiger partial charge on any atom is -0.392 e. The Morgan fingerprint density at radius 2 is 2.25 bits per heavy atom. The van der Waals surface area contributed by atoms with Crippen LogP contribution in [0, 0.1) is 11.3 Å². The fourth-order valence-electron chi connectivity index (χ4n) is 2.82. The first-order valence-corrected chi connectivity index (χ1v) is 7.22. The number of piperazine rings is 1. The van der Waals surface area contributed by atoms with Gasteiger partial charge in [-0.3, -0.25) is 9.80 Å². The summed E-state index contributed by atoms with van der Waals surface area (Å²) in [5.74, 6) is 0. The molecule has 4 heteroatoms. The molecule has 1 aromatic carbocycles. The van der Waals surface area contributed by atoms with E-state index in [1.807, 2.05) is 25.1 Å². The maximum Gasteiger partial charge on any atom is 0.0991 e. The van der Waals surface area contributed by atoms with E-state index >= 15 is 0 Å². The summed E-state index contributed by atoms with van der Waals surface area (Å²) in [6.45, 7) is 8.69. The molecule has 1 heterocycles. The molecule has 20 heavy (non-hydrogen) atoms. The lowest BCUT2D eigenvalue weighted by molar-refractivity contribution is 0.0423. The Kier molecular flexibility index (Phi) is 5.13. The van der Waals surface area contributed by atoms with Gasteiger partial charge in [0, 0.05) is 38.8 Å². The second-order valence-electron chi connectivity index (χ2n) is 5.74. The van der Waals surface area contributed by atoms with Crippen LogP contribution in [0.15, 0.2) is 24.3 Å². The summed E-state index contributed by atoms with van der Waals surface area (Å²) in [6, 6.07) is 10.5. The van der Waals surface area contributed by atoms with Crippen molar-refractivity contribution in [2.45, 2.75) is 32.5 Å². The monoisotopic (exact) mass is 273 g/mol. The first-order chi connectivity index (χ1) is 9.58. The maximum absolute atomic E-state index is 9.50. The van der Waals surface area contributed by atoms with Gasteiger partial charge >= 0.3 is 0 Å². The Bertz CT molecular complexity index is 481. The van der Waals surface area contributed by atoms with Gasteiger partial charge in [-0.25, -0.2) is 0 Å². The molecule has 0 saturated carbocycles. The van der Waals surface area contributed by atoms with E-state index in [4.69, 9.17) is 5.26 Å². The minimum absolute atomic E-state index is 0.267. The Balaban J connectivity index is 1.91. The van der Waals surface area contributed by atoms with Crippen LogP contribution in [0.25, 0.3) is 0 Å². The summed E-state index contributed by atoms with van der Waals surface area (Å²) in [6.07, 6.45) is -0.267. The molecule has 1 aromatic rings. The number of nitriles is 1. The summed E-state index contributed by atoms with van der Waals surface area (Å²) < 4.78 is 0. The van der Waals surface area contributed by atoms with Crippen molar-refractivity contribution in [2.75, 3.05) is 26.2 Å². The maximum atomic E-state index is 9.50. The molecule has 2 atom stereocenters. The van der Waals surface area contributed by atoms with Crippen molar-refractivity contribution in [3.8, 4) is 6.07 Å². The first-order valence-electron chi connectivity index (χ1n) is 7.22. The summed E-state index contributed by atoms with van der Waals surface area (Å²) in [4.78, 5) is 4.76. The third-order valence-electron chi connectivity index (χ3n) is 3.81. The number of nitrogens with zero attached hydrogens (tertiary/aromatic N) is 3. The smallest absolute Gasteiger partial charge is 0.0991 e. The summed E-state index contributed by atoms with van der Waals surface area (Å²) >= 11 is 0. The van der Waals surface area contributed by atoms with Crippen LogP contribution in [0.5, 0.6) is 0 Å². The predicted molar refractivity (Wildman–Crippen MR) is 79.1 cm³/mol. The number of β-amino-alcohol motifs (C(OH)–C–C–N with tert-alkyl or cyclic N) is 1. The van der Waals surface area contributed by atoms with Gasteiger partial charge in [-0.1, -0.05) is 12.1 Å². The van der Waals surface area contributed by atoms with Crippen molar-refractivity contribution in [2.24, 2.45) is 0 Å². The van der Waals surface area contributed by atoms with Gasteiger partial charge < -0.3 is 5.11 Å². The van der Waals surface area contributed by atoms with E-state index in [0.717, 1.165) is 38.3 Å². The molecule has 2 rings (SSSR count). The predicted octanol–water partition coefficient (Wildman–Crippen LogP) is 1.45. The van der Waals surface area contributed by atoms with Gasteiger partial charge in [-0.05, 0) is 31.5 Å². The van der Waals surface area contributed by atoms with Crippen LogP contribution in [-0.4, -0.2) is 53.2 Å². The topological polar surface area (TPSA) is 50.5 Å². The molecule has 0 amide bonds.